The summed E-state index contributed by atoms with van der Waals surface area (Å²) in [7, 11) is 0. The van der Waals surface area contributed by atoms with Crippen LogP contribution < -0.4 is 5.32 Å². The molecule has 1 saturated carbocycles. The summed E-state index contributed by atoms with van der Waals surface area (Å²) in [6, 6.07) is -0.512. The molecule has 1 heterocycles. The van der Waals surface area contributed by atoms with E-state index in [2.05, 4.69) is 11.4 Å². The number of piperazine rings is 1. The number of carbonyl (C=O) groups excluding carboxylic acids is 2. The molecular formula is C16H24N2O2. The molecule has 2 atom stereocenters. The lowest BCUT2D eigenvalue weighted by molar-refractivity contribution is -0.150. The molecule has 4 heteroatoms. The molecule has 3 aliphatic rings. The van der Waals surface area contributed by atoms with Crippen LogP contribution in [0.5, 0.6) is 0 Å². The Bertz CT molecular complexity index is 440. The summed E-state index contributed by atoms with van der Waals surface area (Å²) in [4.78, 5) is 26.7. The standard InChI is InChI=1S/C16H24N2O2/c1-2-13-15(19)17-14(12-7-8-12)16(20)18(13)10-9-11-5-3-4-6-11/h5,12-14H,2-4,6-10H2,1H3,(H,17,19). The SMILES string of the molecule is CCC1C(=O)NC(C2CC2)C(=O)N1CCC1=CCCC1. The van der Waals surface area contributed by atoms with E-state index in [0.717, 1.165) is 25.7 Å². The van der Waals surface area contributed by atoms with Gasteiger partial charge in [0, 0.05) is 6.54 Å². The van der Waals surface area contributed by atoms with Gasteiger partial charge in [0.15, 0.2) is 0 Å². The second-order valence-electron chi connectivity index (χ2n) is 6.28. The minimum absolute atomic E-state index is 0.0457. The van der Waals surface area contributed by atoms with Crippen LogP contribution in [0, 0.1) is 5.92 Å². The summed E-state index contributed by atoms with van der Waals surface area (Å²) in [6.45, 7) is 2.69. The Kier molecular flexibility index (Phi) is 3.81. The zero-order valence-corrected chi connectivity index (χ0v) is 12.2. The third-order valence-corrected chi connectivity index (χ3v) is 4.81. The van der Waals surface area contributed by atoms with Gasteiger partial charge in [0.2, 0.25) is 11.8 Å². The Morgan fingerprint density at radius 2 is 2.15 bits per heavy atom. The van der Waals surface area contributed by atoms with Crippen molar-refractivity contribution >= 4 is 11.8 Å². The van der Waals surface area contributed by atoms with Gasteiger partial charge < -0.3 is 10.2 Å². The quantitative estimate of drug-likeness (QED) is 0.781. The number of hydrogen-bond donors (Lipinski definition) is 1. The van der Waals surface area contributed by atoms with Crippen molar-refractivity contribution in [2.24, 2.45) is 5.92 Å². The van der Waals surface area contributed by atoms with Gasteiger partial charge in [-0.1, -0.05) is 18.6 Å². The van der Waals surface area contributed by atoms with E-state index >= 15 is 0 Å². The number of rotatable bonds is 5. The topological polar surface area (TPSA) is 49.4 Å². The lowest BCUT2D eigenvalue weighted by atomic mass is 10.0. The van der Waals surface area contributed by atoms with Gasteiger partial charge in [-0.15, -0.1) is 0 Å². The first kappa shape index (κ1) is 13.7. The molecule has 2 unspecified atom stereocenters. The highest BCUT2D eigenvalue weighted by Crippen LogP contribution is 2.35. The Hall–Kier alpha value is -1.32. The fraction of sp³-hybridized carbons (Fsp3) is 0.750. The number of nitrogens with zero attached hydrogens (tertiary/aromatic N) is 1. The first-order valence-electron chi connectivity index (χ1n) is 7.99. The van der Waals surface area contributed by atoms with E-state index in [-0.39, 0.29) is 23.9 Å². The molecule has 20 heavy (non-hydrogen) atoms. The summed E-state index contributed by atoms with van der Waals surface area (Å²) in [5.41, 5.74) is 1.46. The van der Waals surface area contributed by atoms with Crippen LogP contribution in [0.4, 0.5) is 0 Å². The molecule has 1 N–H and O–H groups in total. The number of nitrogens with one attached hydrogen (secondary N) is 1. The zero-order chi connectivity index (χ0) is 14.1. The Balaban J connectivity index is 1.68. The van der Waals surface area contributed by atoms with Crippen molar-refractivity contribution in [3.8, 4) is 0 Å². The van der Waals surface area contributed by atoms with Gasteiger partial charge in [-0.3, -0.25) is 9.59 Å². The van der Waals surface area contributed by atoms with Crippen LogP contribution in [-0.2, 0) is 9.59 Å². The molecule has 0 radical (unpaired) electrons. The summed E-state index contributed by atoms with van der Waals surface area (Å²) in [6.07, 6.45) is 9.67. The molecule has 3 rings (SSSR count). The minimum Gasteiger partial charge on any atom is -0.342 e. The van der Waals surface area contributed by atoms with Gasteiger partial charge in [-0.05, 0) is 50.9 Å². The van der Waals surface area contributed by atoms with Crippen LogP contribution in [0.2, 0.25) is 0 Å². The highest BCUT2D eigenvalue weighted by molar-refractivity contribution is 5.97. The molecule has 0 aromatic rings. The number of hydrogen-bond acceptors (Lipinski definition) is 2. The zero-order valence-electron chi connectivity index (χ0n) is 12.2. The number of amides is 2. The van der Waals surface area contributed by atoms with Crippen molar-refractivity contribution < 1.29 is 9.59 Å². The second kappa shape index (κ2) is 5.58. The summed E-state index contributed by atoms with van der Waals surface area (Å²) in [5.74, 6) is 0.583. The van der Waals surface area contributed by atoms with Gasteiger partial charge in [-0.2, -0.15) is 0 Å². The highest BCUT2D eigenvalue weighted by Gasteiger charge is 2.46. The Labute approximate surface area is 120 Å². The fourth-order valence-electron chi connectivity index (χ4n) is 3.43. The lowest BCUT2D eigenvalue weighted by Crippen LogP contribution is -2.63. The maximum Gasteiger partial charge on any atom is 0.246 e. The third kappa shape index (κ3) is 2.60. The van der Waals surface area contributed by atoms with E-state index in [1.165, 1.54) is 18.4 Å². The van der Waals surface area contributed by atoms with Gasteiger partial charge in [0.25, 0.3) is 0 Å². The van der Waals surface area contributed by atoms with Crippen molar-refractivity contribution in [2.75, 3.05) is 6.54 Å². The van der Waals surface area contributed by atoms with Crippen LogP contribution in [0.1, 0.15) is 51.9 Å². The molecule has 2 aliphatic carbocycles. The van der Waals surface area contributed by atoms with Gasteiger partial charge in [-0.25, -0.2) is 0 Å². The maximum atomic E-state index is 12.6. The van der Waals surface area contributed by atoms with Crippen LogP contribution in [-0.4, -0.2) is 35.3 Å². The molecule has 2 amide bonds. The molecule has 110 valence electrons. The van der Waals surface area contributed by atoms with E-state index in [9.17, 15) is 9.59 Å². The molecule has 0 spiro atoms. The molecule has 4 nitrogen and oxygen atoms in total. The number of allylic oxidation sites excluding steroid dienone is 1. The van der Waals surface area contributed by atoms with Gasteiger partial charge >= 0.3 is 0 Å². The molecule has 1 aliphatic heterocycles. The minimum atomic E-state index is -0.264. The van der Waals surface area contributed by atoms with E-state index < -0.39 is 0 Å². The highest BCUT2D eigenvalue weighted by atomic mass is 16.2. The Morgan fingerprint density at radius 3 is 2.75 bits per heavy atom. The molecule has 0 bridgehead atoms. The average molecular weight is 276 g/mol. The van der Waals surface area contributed by atoms with Crippen molar-refractivity contribution in [3.63, 3.8) is 0 Å². The predicted molar refractivity (Wildman–Crippen MR) is 77.0 cm³/mol. The lowest BCUT2D eigenvalue weighted by Gasteiger charge is -2.39. The summed E-state index contributed by atoms with van der Waals surface area (Å²) in [5, 5.41) is 2.94. The molecule has 1 saturated heterocycles. The van der Waals surface area contributed by atoms with E-state index in [1.54, 1.807) is 0 Å². The summed E-state index contributed by atoms with van der Waals surface area (Å²) >= 11 is 0. The fourth-order valence-corrected chi connectivity index (χ4v) is 3.43. The largest absolute Gasteiger partial charge is 0.342 e. The van der Waals surface area contributed by atoms with Crippen molar-refractivity contribution in [1.29, 1.82) is 0 Å². The number of carbonyl (C=O) groups is 2. The molecule has 0 aromatic heterocycles. The normalized spacial score (nSPS) is 30.4. The third-order valence-electron chi connectivity index (χ3n) is 4.81. The van der Waals surface area contributed by atoms with Gasteiger partial charge in [0.1, 0.15) is 12.1 Å². The monoisotopic (exact) mass is 276 g/mol. The van der Waals surface area contributed by atoms with Crippen LogP contribution >= 0.6 is 0 Å². The van der Waals surface area contributed by atoms with Crippen molar-refractivity contribution in [3.05, 3.63) is 11.6 Å². The first-order valence-corrected chi connectivity index (χ1v) is 7.99. The average Bonchev–Trinajstić information content (AvgIpc) is 3.15. The molecule has 0 aromatic carbocycles. The van der Waals surface area contributed by atoms with Crippen LogP contribution in [0.25, 0.3) is 0 Å². The van der Waals surface area contributed by atoms with E-state index in [1.807, 2.05) is 11.8 Å². The molecule has 2 fully saturated rings. The second-order valence-corrected chi connectivity index (χ2v) is 6.28. The first-order chi connectivity index (χ1) is 9.70. The van der Waals surface area contributed by atoms with Crippen molar-refractivity contribution in [2.45, 2.75) is 64.0 Å². The van der Waals surface area contributed by atoms with E-state index in [0.29, 0.717) is 18.9 Å². The summed E-state index contributed by atoms with van der Waals surface area (Å²) < 4.78 is 0. The van der Waals surface area contributed by atoms with Crippen LogP contribution in [0.15, 0.2) is 11.6 Å². The van der Waals surface area contributed by atoms with E-state index in [4.69, 9.17) is 0 Å². The van der Waals surface area contributed by atoms with Gasteiger partial charge in [0.05, 0.1) is 0 Å². The van der Waals surface area contributed by atoms with Crippen molar-refractivity contribution in [1.82, 2.24) is 10.2 Å². The molecular weight excluding hydrogens is 252 g/mol. The maximum absolute atomic E-state index is 12.6. The smallest absolute Gasteiger partial charge is 0.246 e. The van der Waals surface area contributed by atoms with Crippen LogP contribution in [0.3, 0.4) is 0 Å². The predicted octanol–water partition coefficient (Wildman–Crippen LogP) is 2.00. The Morgan fingerprint density at radius 1 is 1.35 bits per heavy atom.